The highest BCUT2D eigenvalue weighted by atomic mass is 35.5. The molecule has 33 heavy (non-hydrogen) atoms. The van der Waals surface area contributed by atoms with E-state index in [9.17, 15) is 4.79 Å². The number of benzene rings is 2. The van der Waals surface area contributed by atoms with Crippen LogP contribution in [0.4, 0.5) is 0 Å². The number of likely N-dealkylation sites (tertiary alicyclic amines) is 1. The molecule has 4 rings (SSSR count). The van der Waals surface area contributed by atoms with E-state index in [0.29, 0.717) is 46.0 Å². The number of amides is 1. The van der Waals surface area contributed by atoms with Crippen molar-refractivity contribution in [3.05, 3.63) is 59.0 Å². The summed E-state index contributed by atoms with van der Waals surface area (Å²) in [5, 5.41) is 1.69. The van der Waals surface area contributed by atoms with Gasteiger partial charge in [0, 0.05) is 42.2 Å². The van der Waals surface area contributed by atoms with Crippen molar-refractivity contribution in [3.8, 4) is 22.6 Å². The zero-order chi connectivity index (χ0) is 23.7. The highest BCUT2D eigenvalue weighted by Crippen LogP contribution is 2.46. The summed E-state index contributed by atoms with van der Waals surface area (Å²) >= 11 is 13.2. The zero-order valence-corrected chi connectivity index (χ0v) is 20.3. The number of carbonyl (C=O) groups excluding carboxylic acids is 1. The fourth-order valence-corrected chi connectivity index (χ4v) is 5.16. The van der Waals surface area contributed by atoms with Gasteiger partial charge < -0.3 is 14.4 Å². The van der Waals surface area contributed by atoms with Gasteiger partial charge in [0.25, 0.3) is 0 Å². The summed E-state index contributed by atoms with van der Waals surface area (Å²) in [5.41, 5.74) is 2.28. The molecule has 1 amide bonds. The second-order valence-electron chi connectivity index (χ2n) is 8.19. The second-order valence-corrected chi connectivity index (χ2v) is 8.95. The molecule has 2 aromatic carbocycles. The maximum Gasteiger partial charge on any atom is 0.246 e. The Morgan fingerprint density at radius 1 is 1.21 bits per heavy atom. The summed E-state index contributed by atoms with van der Waals surface area (Å²) < 4.78 is 10.8. The van der Waals surface area contributed by atoms with Crippen LogP contribution in [0.1, 0.15) is 19.2 Å². The number of hydrogen-bond acceptors (Lipinski definition) is 5. The van der Waals surface area contributed by atoms with Crippen LogP contribution in [0.3, 0.4) is 0 Å². The lowest BCUT2D eigenvalue weighted by Gasteiger charge is -2.19. The first-order valence-electron chi connectivity index (χ1n) is 10.6. The molecule has 0 bridgehead atoms. The van der Waals surface area contributed by atoms with Crippen LogP contribution in [0, 0.1) is 5.92 Å². The molecule has 1 aromatic heterocycles. The molecular formula is C25H25Cl2N3O3. The van der Waals surface area contributed by atoms with Crippen molar-refractivity contribution < 1.29 is 14.3 Å². The number of fused-ring (bicyclic) bond motifs is 1. The molecule has 6 nitrogen and oxygen atoms in total. The van der Waals surface area contributed by atoms with Crippen LogP contribution in [0.25, 0.3) is 22.0 Å². The first kappa shape index (κ1) is 23.3. The highest BCUT2D eigenvalue weighted by molar-refractivity contribution is 6.41. The monoisotopic (exact) mass is 485 g/mol. The maximum atomic E-state index is 12.0. The van der Waals surface area contributed by atoms with Crippen LogP contribution in [-0.2, 0) is 11.2 Å². The molecule has 0 aliphatic carbocycles. The smallest absolute Gasteiger partial charge is 0.246 e. The summed E-state index contributed by atoms with van der Waals surface area (Å²) in [5.74, 6) is 2.02. The van der Waals surface area contributed by atoms with Crippen LogP contribution < -0.4 is 9.47 Å². The Labute approximate surface area is 203 Å². The Hall–Kier alpha value is -2.83. The largest absolute Gasteiger partial charge is 0.495 e. The first-order valence-corrected chi connectivity index (χ1v) is 11.4. The third kappa shape index (κ3) is 4.50. The van der Waals surface area contributed by atoms with E-state index in [1.54, 1.807) is 20.3 Å². The van der Waals surface area contributed by atoms with Crippen molar-refractivity contribution in [1.29, 1.82) is 0 Å². The van der Waals surface area contributed by atoms with Crippen LogP contribution in [0.15, 0.2) is 43.1 Å². The average Bonchev–Trinajstić information content (AvgIpc) is 3.18. The van der Waals surface area contributed by atoms with Crippen LogP contribution in [-0.4, -0.2) is 47.6 Å². The minimum absolute atomic E-state index is 0.0246. The molecular weight excluding hydrogens is 461 g/mol. The van der Waals surface area contributed by atoms with E-state index < -0.39 is 0 Å². The van der Waals surface area contributed by atoms with Crippen molar-refractivity contribution in [1.82, 2.24) is 14.9 Å². The van der Waals surface area contributed by atoms with Crippen molar-refractivity contribution in [2.24, 2.45) is 5.92 Å². The Balaban J connectivity index is 1.62. The molecule has 3 aromatic rings. The number of methoxy groups -OCH3 is 2. The zero-order valence-electron chi connectivity index (χ0n) is 18.8. The van der Waals surface area contributed by atoms with Gasteiger partial charge in [-0.2, -0.15) is 0 Å². The standard InChI is InChI=1S/C25H25Cl2N3O3/c1-5-22(31)30-13-15(8-14(30)2)9-21-28-12-17-10-16(6-7-18(17)29-21)23-24(26)19(32-3)11-20(33-4)25(23)27/h5-7,10-12,14-15H,1,8-9,13H2,2-4H3/t14-,15-/m1/s1. The van der Waals surface area contributed by atoms with Gasteiger partial charge in [0.2, 0.25) is 5.91 Å². The second kappa shape index (κ2) is 9.57. The molecule has 172 valence electrons. The van der Waals surface area contributed by atoms with Gasteiger partial charge >= 0.3 is 0 Å². The fraction of sp³-hybridized carbons (Fsp3) is 0.320. The Morgan fingerprint density at radius 2 is 1.91 bits per heavy atom. The highest BCUT2D eigenvalue weighted by Gasteiger charge is 2.31. The van der Waals surface area contributed by atoms with E-state index in [0.717, 1.165) is 28.7 Å². The van der Waals surface area contributed by atoms with Crippen LogP contribution >= 0.6 is 23.2 Å². The van der Waals surface area contributed by atoms with Crippen LogP contribution in [0.2, 0.25) is 10.0 Å². The quantitative estimate of drug-likeness (QED) is 0.426. The van der Waals surface area contributed by atoms with Gasteiger partial charge in [-0.05, 0) is 43.0 Å². The molecule has 1 aliphatic rings. The summed E-state index contributed by atoms with van der Waals surface area (Å²) in [6.07, 6.45) is 4.83. The Kier molecular flexibility index (Phi) is 6.77. The van der Waals surface area contributed by atoms with Gasteiger partial charge in [-0.25, -0.2) is 9.97 Å². The van der Waals surface area contributed by atoms with Gasteiger partial charge in [0.1, 0.15) is 17.3 Å². The SMILES string of the molecule is C=CC(=O)N1C[C@@H](Cc2ncc3cc(-c4c(Cl)c(OC)cc(OC)c4Cl)ccc3n2)C[C@H]1C. The molecule has 8 heteroatoms. The molecule has 0 spiro atoms. The molecule has 0 radical (unpaired) electrons. The predicted octanol–water partition coefficient (Wildman–Crippen LogP) is 5.59. The minimum Gasteiger partial charge on any atom is -0.495 e. The molecule has 1 saturated heterocycles. The van der Waals surface area contributed by atoms with E-state index in [1.807, 2.05) is 29.3 Å². The number of carbonyl (C=O) groups is 1. The fourth-order valence-electron chi connectivity index (χ4n) is 4.44. The maximum absolute atomic E-state index is 12.0. The van der Waals surface area contributed by atoms with E-state index in [2.05, 4.69) is 18.5 Å². The van der Waals surface area contributed by atoms with Gasteiger partial charge in [0.05, 0.1) is 29.8 Å². The lowest BCUT2D eigenvalue weighted by atomic mass is 10.0. The molecule has 1 fully saturated rings. The van der Waals surface area contributed by atoms with E-state index in [1.165, 1.54) is 6.08 Å². The summed E-state index contributed by atoms with van der Waals surface area (Å²) in [4.78, 5) is 23.2. The Morgan fingerprint density at radius 3 is 2.55 bits per heavy atom. The van der Waals surface area contributed by atoms with E-state index >= 15 is 0 Å². The van der Waals surface area contributed by atoms with Gasteiger partial charge in [-0.3, -0.25) is 4.79 Å². The lowest BCUT2D eigenvalue weighted by Crippen LogP contribution is -2.32. The molecule has 1 aliphatic heterocycles. The first-order chi connectivity index (χ1) is 15.9. The summed E-state index contributed by atoms with van der Waals surface area (Å²) in [6, 6.07) is 7.66. The van der Waals surface area contributed by atoms with E-state index in [4.69, 9.17) is 37.7 Å². The van der Waals surface area contributed by atoms with Crippen molar-refractivity contribution in [2.45, 2.75) is 25.8 Å². The van der Waals surface area contributed by atoms with E-state index in [-0.39, 0.29) is 11.9 Å². The Bertz CT molecular complexity index is 1200. The van der Waals surface area contributed by atoms with Crippen molar-refractivity contribution in [2.75, 3.05) is 20.8 Å². The topological polar surface area (TPSA) is 64.6 Å². The number of nitrogens with zero attached hydrogens (tertiary/aromatic N) is 3. The molecule has 0 saturated carbocycles. The number of rotatable bonds is 6. The molecule has 0 unspecified atom stereocenters. The predicted molar refractivity (Wildman–Crippen MR) is 131 cm³/mol. The number of hydrogen-bond donors (Lipinski definition) is 0. The van der Waals surface area contributed by atoms with Gasteiger partial charge in [-0.1, -0.05) is 35.8 Å². The average molecular weight is 486 g/mol. The third-order valence-electron chi connectivity index (χ3n) is 6.08. The number of halogens is 2. The van der Waals surface area contributed by atoms with Gasteiger partial charge in [-0.15, -0.1) is 0 Å². The summed E-state index contributed by atoms with van der Waals surface area (Å²) in [6.45, 7) is 6.35. The molecule has 2 atom stereocenters. The van der Waals surface area contributed by atoms with Crippen molar-refractivity contribution >= 4 is 40.0 Å². The van der Waals surface area contributed by atoms with Crippen LogP contribution in [0.5, 0.6) is 11.5 Å². The molecule has 0 N–H and O–H groups in total. The number of aromatic nitrogens is 2. The number of ether oxygens (including phenoxy) is 2. The van der Waals surface area contributed by atoms with Crippen molar-refractivity contribution in [3.63, 3.8) is 0 Å². The third-order valence-corrected chi connectivity index (χ3v) is 6.83. The summed E-state index contributed by atoms with van der Waals surface area (Å²) in [7, 11) is 3.09. The normalized spacial score (nSPS) is 17.9. The lowest BCUT2D eigenvalue weighted by molar-refractivity contribution is -0.126. The molecule has 2 heterocycles. The minimum atomic E-state index is -0.0246. The van der Waals surface area contributed by atoms with Gasteiger partial charge in [0.15, 0.2) is 0 Å².